The van der Waals surface area contributed by atoms with E-state index in [2.05, 4.69) is 20.9 Å². The average Bonchev–Trinajstić information content (AvgIpc) is 2.67. The number of benzene rings is 1. The summed E-state index contributed by atoms with van der Waals surface area (Å²) < 4.78 is 19.9. The third kappa shape index (κ3) is 4.89. The van der Waals surface area contributed by atoms with Gasteiger partial charge in [-0.25, -0.2) is 14.2 Å². The van der Waals surface area contributed by atoms with E-state index in [4.69, 9.17) is 9.84 Å². The molecule has 30 heavy (non-hydrogen) atoms. The Hall–Kier alpha value is -3.54. The Kier molecular flexibility index (Phi) is 6.57. The van der Waals surface area contributed by atoms with Gasteiger partial charge in [0.1, 0.15) is 11.8 Å². The van der Waals surface area contributed by atoms with Gasteiger partial charge < -0.3 is 25.8 Å². The summed E-state index contributed by atoms with van der Waals surface area (Å²) in [5.74, 6) is 0.321. The van der Waals surface area contributed by atoms with Gasteiger partial charge in [0, 0.05) is 17.8 Å². The summed E-state index contributed by atoms with van der Waals surface area (Å²) in [6, 6.07) is 9.36. The first kappa shape index (κ1) is 21.2. The van der Waals surface area contributed by atoms with E-state index in [1.54, 1.807) is 38.3 Å². The highest BCUT2D eigenvalue weighted by Crippen LogP contribution is 2.34. The lowest BCUT2D eigenvalue weighted by atomic mass is 9.77. The molecule has 2 atom stereocenters. The number of nitrogens with zero attached hydrogens (tertiary/aromatic N) is 2. The normalized spacial score (nSPS) is 15.3. The minimum Gasteiger partial charge on any atom is -0.497 e. The van der Waals surface area contributed by atoms with Gasteiger partial charge in [0.25, 0.3) is 0 Å². The number of rotatable bonds is 8. The zero-order valence-corrected chi connectivity index (χ0v) is 16.8. The molecule has 1 aromatic carbocycles. The van der Waals surface area contributed by atoms with Crippen LogP contribution in [0.4, 0.5) is 26.5 Å². The Labute approximate surface area is 174 Å². The van der Waals surface area contributed by atoms with E-state index in [0.717, 1.165) is 25.3 Å². The van der Waals surface area contributed by atoms with Gasteiger partial charge >= 0.3 is 6.09 Å². The maximum Gasteiger partial charge on any atom is 0.404 e. The second-order valence-electron chi connectivity index (χ2n) is 7.28. The van der Waals surface area contributed by atoms with Crippen LogP contribution < -0.4 is 20.7 Å². The number of pyridine rings is 1. The summed E-state index contributed by atoms with van der Waals surface area (Å²) in [5, 5.41) is 27.0. The van der Waals surface area contributed by atoms with Crippen LogP contribution in [0.5, 0.6) is 5.75 Å². The molecule has 0 bridgehead atoms. The fourth-order valence-electron chi connectivity index (χ4n) is 3.50. The summed E-state index contributed by atoms with van der Waals surface area (Å²) in [4.78, 5) is 15.4. The molecule has 1 amide bonds. The van der Waals surface area contributed by atoms with Gasteiger partial charge in [-0.05, 0) is 43.9 Å². The van der Waals surface area contributed by atoms with Crippen molar-refractivity contribution in [3.63, 3.8) is 0 Å². The van der Waals surface area contributed by atoms with Gasteiger partial charge in [0.2, 0.25) is 0 Å². The fourth-order valence-corrected chi connectivity index (χ4v) is 3.50. The van der Waals surface area contributed by atoms with Crippen LogP contribution >= 0.6 is 0 Å². The highest BCUT2D eigenvalue weighted by atomic mass is 19.1. The van der Waals surface area contributed by atoms with Crippen LogP contribution in [0.15, 0.2) is 30.3 Å². The Balaban J connectivity index is 1.89. The molecule has 0 unspecified atom stereocenters. The van der Waals surface area contributed by atoms with Crippen molar-refractivity contribution in [3.05, 3.63) is 41.7 Å². The maximum atomic E-state index is 14.7. The smallest absolute Gasteiger partial charge is 0.404 e. The summed E-state index contributed by atoms with van der Waals surface area (Å²) in [6.07, 6.45) is 1.77. The summed E-state index contributed by atoms with van der Waals surface area (Å²) in [7, 11) is 1.55. The SMILES string of the molecule is COc1cccc(Nc2nc(N[C@@H](C3CCC3)[C@H](C)NC(=O)O)c(F)cc2C#N)c1. The molecule has 8 nitrogen and oxygen atoms in total. The van der Waals surface area contributed by atoms with Gasteiger partial charge in [-0.2, -0.15) is 5.26 Å². The van der Waals surface area contributed by atoms with Crippen LogP contribution in [0.1, 0.15) is 31.7 Å². The molecule has 158 valence electrons. The molecule has 9 heteroatoms. The molecular weight excluding hydrogens is 389 g/mol. The molecule has 0 spiro atoms. The molecule has 1 aliphatic rings. The van der Waals surface area contributed by atoms with Gasteiger partial charge in [-0.1, -0.05) is 12.5 Å². The van der Waals surface area contributed by atoms with Crippen molar-refractivity contribution in [3.8, 4) is 11.8 Å². The topological polar surface area (TPSA) is 119 Å². The van der Waals surface area contributed by atoms with E-state index in [-0.39, 0.29) is 29.2 Å². The number of carboxylic acid groups (broad SMARTS) is 1. The molecular formula is C21H24FN5O3. The van der Waals surface area contributed by atoms with E-state index in [1.807, 2.05) is 6.07 Å². The Morgan fingerprint density at radius 2 is 2.13 bits per heavy atom. The monoisotopic (exact) mass is 413 g/mol. The second kappa shape index (κ2) is 9.31. The van der Waals surface area contributed by atoms with Crippen LogP contribution in [0.25, 0.3) is 0 Å². The first-order valence-corrected chi connectivity index (χ1v) is 9.69. The predicted molar refractivity (Wildman–Crippen MR) is 111 cm³/mol. The first-order chi connectivity index (χ1) is 14.4. The summed E-state index contributed by atoms with van der Waals surface area (Å²) in [6.45, 7) is 1.74. The molecule has 4 N–H and O–H groups in total. The molecule has 0 aliphatic heterocycles. The molecule has 1 aliphatic carbocycles. The third-order valence-corrected chi connectivity index (χ3v) is 5.28. The number of nitriles is 1. The quantitative estimate of drug-likeness (QED) is 0.515. The molecule has 1 saturated carbocycles. The Bertz CT molecular complexity index is 958. The standard InChI is InChI=1S/C21H24FN5O3/c1-12(24-21(28)29)18(13-5-3-6-13)26-20-17(22)9-14(11-23)19(27-20)25-15-7-4-8-16(10-15)30-2/h4,7-10,12-13,18,24H,3,5-6H2,1-2H3,(H,28,29)(H2,25,26,27)/t12-,18+/m0/s1. The second-order valence-corrected chi connectivity index (χ2v) is 7.28. The van der Waals surface area contributed by atoms with Gasteiger partial charge in [-0.3, -0.25) is 0 Å². The van der Waals surface area contributed by atoms with Gasteiger partial charge in [0.15, 0.2) is 17.5 Å². The average molecular weight is 413 g/mol. The van der Waals surface area contributed by atoms with Crippen LogP contribution in [-0.4, -0.2) is 35.4 Å². The Morgan fingerprint density at radius 1 is 1.37 bits per heavy atom. The van der Waals surface area contributed by atoms with E-state index < -0.39 is 18.0 Å². The number of aromatic nitrogens is 1. The first-order valence-electron chi connectivity index (χ1n) is 9.69. The number of hydrogen-bond acceptors (Lipinski definition) is 6. The number of ether oxygens (including phenoxy) is 1. The van der Waals surface area contributed by atoms with Crippen LogP contribution in [0.2, 0.25) is 0 Å². The zero-order valence-electron chi connectivity index (χ0n) is 16.8. The van der Waals surface area contributed by atoms with Crippen LogP contribution in [0.3, 0.4) is 0 Å². The molecule has 1 heterocycles. The zero-order chi connectivity index (χ0) is 21.7. The number of nitrogens with one attached hydrogen (secondary N) is 3. The maximum absolute atomic E-state index is 14.7. The highest BCUT2D eigenvalue weighted by molar-refractivity contribution is 5.67. The van der Waals surface area contributed by atoms with Gasteiger partial charge in [-0.15, -0.1) is 0 Å². The fraction of sp³-hybridized carbons (Fsp3) is 0.381. The van der Waals surface area contributed by atoms with Crippen molar-refractivity contribution in [2.45, 2.75) is 38.3 Å². The minimum absolute atomic E-state index is 0.0321. The van der Waals surface area contributed by atoms with E-state index in [1.165, 1.54) is 0 Å². The molecule has 0 radical (unpaired) electrons. The van der Waals surface area contributed by atoms with Gasteiger partial charge in [0.05, 0.1) is 18.7 Å². The van der Waals surface area contributed by atoms with Crippen molar-refractivity contribution in [1.82, 2.24) is 10.3 Å². The number of hydrogen-bond donors (Lipinski definition) is 4. The van der Waals surface area contributed by atoms with E-state index in [9.17, 15) is 14.4 Å². The number of anilines is 3. The minimum atomic E-state index is -1.14. The number of halogens is 1. The largest absolute Gasteiger partial charge is 0.497 e. The van der Waals surface area contributed by atoms with Crippen molar-refractivity contribution < 1.29 is 19.0 Å². The number of carbonyl (C=O) groups is 1. The van der Waals surface area contributed by atoms with Crippen LogP contribution in [0, 0.1) is 23.1 Å². The van der Waals surface area contributed by atoms with Crippen molar-refractivity contribution in [2.24, 2.45) is 5.92 Å². The number of methoxy groups -OCH3 is 1. The number of amides is 1. The van der Waals surface area contributed by atoms with Crippen molar-refractivity contribution in [1.29, 1.82) is 5.26 Å². The molecule has 3 rings (SSSR count). The summed E-state index contributed by atoms with van der Waals surface area (Å²) >= 11 is 0. The van der Waals surface area contributed by atoms with Crippen molar-refractivity contribution in [2.75, 3.05) is 17.7 Å². The Morgan fingerprint density at radius 3 is 2.73 bits per heavy atom. The van der Waals surface area contributed by atoms with Crippen LogP contribution in [-0.2, 0) is 0 Å². The van der Waals surface area contributed by atoms with E-state index >= 15 is 0 Å². The molecule has 1 fully saturated rings. The predicted octanol–water partition coefficient (Wildman–Crippen LogP) is 4.08. The molecule has 1 aromatic heterocycles. The van der Waals surface area contributed by atoms with E-state index in [0.29, 0.717) is 11.4 Å². The summed E-state index contributed by atoms with van der Waals surface area (Å²) in [5.41, 5.74) is 0.685. The molecule has 0 saturated heterocycles. The third-order valence-electron chi connectivity index (χ3n) is 5.28. The molecule has 2 aromatic rings. The lowest BCUT2D eigenvalue weighted by Crippen LogP contribution is -2.50. The highest BCUT2D eigenvalue weighted by Gasteiger charge is 2.33. The lowest BCUT2D eigenvalue weighted by molar-refractivity contribution is 0.180. The lowest BCUT2D eigenvalue weighted by Gasteiger charge is -2.38. The van der Waals surface area contributed by atoms with Crippen molar-refractivity contribution >= 4 is 23.4 Å².